The average Bonchev–Trinajstić information content (AvgIpc) is 2.87. The second-order valence-corrected chi connectivity index (χ2v) is 5.85. The number of likely N-dealkylation sites (tertiary alicyclic amines) is 1. The Kier molecular flexibility index (Phi) is 4.20. The fourth-order valence-corrected chi connectivity index (χ4v) is 2.89. The number of amides is 1. The van der Waals surface area contributed by atoms with Crippen LogP contribution >= 0.6 is 0 Å². The van der Waals surface area contributed by atoms with Crippen LogP contribution in [0.1, 0.15) is 21.9 Å². The molecule has 1 saturated heterocycles. The van der Waals surface area contributed by atoms with Gasteiger partial charge in [0.1, 0.15) is 5.69 Å². The fraction of sp³-hybridized carbons (Fsp3) is 0.375. The Balaban J connectivity index is 1.72. The van der Waals surface area contributed by atoms with Crippen LogP contribution in [0.15, 0.2) is 35.5 Å². The Labute approximate surface area is 133 Å². The molecular formula is C16H18N4O3. The van der Waals surface area contributed by atoms with Gasteiger partial charge in [0.05, 0.1) is 11.8 Å². The number of nitrogens with zero attached hydrogens (tertiary/aromatic N) is 3. The number of H-pyrrole nitrogens is 1. The molecule has 1 amide bonds. The van der Waals surface area contributed by atoms with Crippen LogP contribution in [0.2, 0.25) is 0 Å². The SMILES string of the molecule is Cc1cc(=O)cc(C(=O)N2C[C@@H](Cc3cnccn3)[C@H](O)C2)[nH]1. The summed E-state index contributed by atoms with van der Waals surface area (Å²) in [6.07, 6.45) is 4.81. The molecule has 1 aliphatic heterocycles. The predicted molar refractivity (Wildman–Crippen MR) is 82.9 cm³/mol. The first-order valence-corrected chi connectivity index (χ1v) is 7.46. The van der Waals surface area contributed by atoms with E-state index in [2.05, 4.69) is 15.0 Å². The van der Waals surface area contributed by atoms with Gasteiger partial charge in [0.25, 0.3) is 5.91 Å². The number of nitrogens with one attached hydrogen (secondary N) is 1. The lowest BCUT2D eigenvalue weighted by Gasteiger charge is -2.16. The summed E-state index contributed by atoms with van der Waals surface area (Å²) in [6, 6.07) is 2.73. The lowest BCUT2D eigenvalue weighted by Crippen LogP contribution is -2.31. The normalized spacial score (nSPS) is 20.7. The van der Waals surface area contributed by atoms with Gasteiger partial charge in [-0.1, -0.05) is 0 Å². The lowest BCUT2D eigenvalue weighted by atomic mass is 10.0. The second-order valence-electron chi connectivity index (χ2n) is 5.85. The zero-order valence-electron chi connectivity index (χ0n) is 12.8. The molecule has 0 aliphatic carbocycles. The van der Waals surface area contributed by atoms with E-state index in [4.69, 9.17) is 0 Å². The van der Waals surface area contributed by atoms with Crippen LogP contribution in [0, 0.1) is 12.8 Å². The molecule has 0 bridgehead atoms. The van der Waals surface area contributed by atoms with Crippen molar-refractivity contribution in [3.63, 3.8) is 0 Å². The Morgan fingerprint density at radius 2 is 2.22 bits per heavy atom. The number of aromatic amines is 1. The molecule has 1 aliphatic rings. The number of carbonyl (C=O) groups is 1. The van der Waals surface area contributed by atoms with Crippen LogP contribution < -0.4 is 5.43 Å². The fourth-order valence-electron chi connectivity index (χ4n) is 2.89. The van der Waals surface area contributed by atoms with E-state index >= 15 is 0 Å². The number of aliphatic hydroxyl groups excluding tert-OH is 1. The summed E-state index contributed by atoms with van der Waals surface area (Å²) < 4.78 is 0. The van der Waals surface area contributed by atoms with Gasteiger partial charge in [0.2, 0.25) is 0 Å². The third-order valence-electron chi connectivity index (χ3n) is 3.99. The van der Waals surface area contributed by atoms with Crippen molar-refractivity contribution < 1.29 is 9.90 Å². The van der Waals surface area contributed by atoms with E-state index in [9.17, 15) is 14.7 Å². The third-order valence-corrected chi connectivity index (χ3v) is 3.99. The molecule has 3 rings (SSSR count). The summed E-state index contributed by atoms with van der Waals surface area (Å²) >= 11 is 0. The molecular weight excluding hydrogens is 296 g/mol. The maximum absolute atomic E-state index is 12.5. The highest BCUT2D eigenvalue weighted by atomic mass is 16.3. The molecule has 2 aromatic rings. The van der Waals surface area contributed by atoms with Gasteiger partial charge in [-0.15, -0.1) is 0 Å². The lowest BCUT2D eigenvalue weighted by molar-refractivity contribution is 0.0758. The zero-order chi connectivity index (χ0) is 16.4. The number of aryl methyl sites for hydroxylation is 1. The van der Waals surface area contributed by atoms with Crippen molar-refractivity contribution in [3.05, 3.63) is 58.0 Å². The third kappa shape index (κ3) is 3.45. The minimum absolute atomic E-state index is 0.0906. The van der Waals surface area contributed by atoms with E-state index in [1.165, 1.54) is 12.1 Å². The van der Waals surface area contributed by atoms with Crippen LogP contribution in [0.25, 0.3) is 0 Å². The monoisotopic (exact) mass is 314 g/mol. The quantitative estimate of drug-likeness (QED) is 0.840. The highest BCUT2D eigenvalue weighted by Crippen LogP contribution is 2.21. The van der Waals surface area contributed by atoms with Crippen LogP contribution in [0.4, 0.5) is 0 Å². The number of hydrogen-bond donors (Lipinski definition) is 2. The van der Waals surface area contributed by atoms with Gasteiger partial charge < -0.3 is 15.0 Å². The van der Waals surface area contributed by atoms with Crippen molar-refractivity contribution in [1.29, 1.82) is 0 Å². The standard InChI is InChI=1S/C16H18N4O3/c1-10-4-13(21)6-14(19-10)16(23)20-8-11(15(22)9-20)5-12-7-17-2-3-18-12/h2-4,6-7,11,15,22H,5,8-9H2,1H3,(H,19,21)/t11-,15-/m1/s1. The molecule has 0 aromatic carbocycles. The Morgan fingerprint density at radius 1 is 1.39 bits per heavy atom. The molecule has 0 spiro atoms. The number of β-amino-alcohol motifs (C(OH)–C–C–N with tert-alkyl or cyclic N) is 1. The van der Waals surface area contributed by atoms with Crippen LogP contribution in [0.3, 0.4) is 0 Å². The molecule has 2 N–H and O–H groups in total. The first kappa shape index (κ1) is 15.4. The topological polar surface area (TPSA) is 99.2 Å². The second kappa shape index (κ2) is 6.29. The van der Waals surface area contributed by atoms with Crippen LogP contribution in [-0.2, 0) is 6.42 Å². The van der Waals surface area contributed by atoms with Crippen molar-refractivity contribution in [2.75, 3.05) is 13.1 Å². The van der Waals surface area contributed by atoms with Gasteiger partial charge in [0.15, 0.2) is 5.43 Å². The molecule has 3 heterocycles. The van der Waals surface area contributed by atoms with Gasteiger partial charge >= 0.3 is 0 Å². The number of carbonyl (C=O) groups excluding carboxylic acids is 1. The van der Waals surface area contributed by atoms with E-state index in [0.29, 0.717) is 18.7 Å². The van der Waals surface area contributed by atoms with E-state index in [-0.39, 0.29) is 29.5 Å². The molecule has 0 radical (unpaired) electrons. The highest BCUT2D eigenvalue weighted by Gasteiger charge is 2.35. The minimum atomic E-state index is -0.613. The van der Waals surface area contributed by atoms with Crippen molar-refractivity contribution in [1.82, 2.24) is 19.9 Å². The Bertz CT molecular complexity index is 759. The molecule has 23 heavy (non-hydrogen) atoms. The molecule has 7 heteroatoms. The first-order chi connectivity index (χ1) is 11.0. The molecule has 0 saturated carbocycles. The largest absolute Gasteiger partial charge is 0.391 e. The number of aliphatic hydroxyl groups is 1. The van der Waals surface area contributed by atoms with E-state index in [1.807, 2.05) is 0 Å². The summed E-state index contributed by atoms with van der Waals surface area (Å²) in [4.78, 5) is 36.7. The Morgan fingerprint density at radius 3 is 2.91 bits per heavy atom. The van der Waals surface area contributed by atoms with Gasteiger partial charge in [0, 0.05) is 55.4 Å². The summed E-state index contributed by atoms with van der Waals surface area (Å²) in [6.45, 7) is 2.40. The molecule has 120 valence electrons. The van der Waals surface area contributed by atoms with Gasteiger partial charge in [-0.05, 0) is 13.3 Å². The summed E-state index contributed by atoms with van der Waals surface area (Å²) in [7, 11) is 0. The smallest absolute Gasteiger partial charge is 0.270 e. The minimum Gasteiger partial charge on any atom is -0.391 e. The Hall–Kier alpha value is -2.54. The maximum atomic E-state index is 12.5. The molecule has 2 aromatic heterocycles. The molecule has 7 nitrogen and oxygen atoms in total. The zero-order valence-corrected chi connectivity index (χ0v) is 12.8. The predicted octanol–water partition coefficient (Wildman–Crippen LogP) is 0.149. The number of aromatic nitrogens is 3. The van der Waals surface area contributed by atoms with E-state index in [1.54, 1.807) is 30.4 Å². The number of hydrogen-bond acceptors (Lipinski definition) is 5. The molecule has 1 fully saturated rings. The maximum Gasteiger partial charge on any atom is 0.270 e. The molecule has 2 atom stereocenters. The van der Waals surface area contributed by atoms with Crippen LogP contribution in [0.5, 0.6) is 0 Å². The van der Waals surface area contributed by atoms with Crippen molar-refractivity contribution in [2.45, 2.75) is 19.4 Å². The average molecular weight is 314 g/mol. The van der Waals surface area contributed by atoms with Crippen molar-refractivity contribution in [2.24, 2.45) is 5.92 Å². The van der Waals surface area contributed by atoms with Gasteiger partial charge in [-0.2, -0.15) is 0 Å². The van der Waals surface area contributed by atoms with E-state index in [0.717, 1.165) is 5.69 Å². The first-order valence-electron chi connectivity index (χ1n) is 7.46. The number of rotatable bonds is 3. The van der Waals surface area contributed by atoms with Gasteiger partial charge in [-0.25, -0.2) is 0 Å². The van der Waals surface area contributed by atoms with Crippen molar-refractivity contribution >= 4 is 5.91 Å². The summed E-state index contributed by atoms with van der Waals surface area (Å²) in [5, 5.41) is 10.2. The highest BCUT2D eigenvalue weighted by molar-refractivity contribution is 5.92. The number of pyridine rings is 1. The summed E-state index contributed by atoms with van der Waals surface area (Å²) in [5.41, 5.74) is 1.47. The van der Waals surface area contributed by atoms with Crippen molar-refractivity contribution in [3.8, 4) is 0 Å². The molecule has 0 unspecified atom stereocenters. The van der Waals surface area contributed by atoms with E-state index < -0.39 is 6.10 Å². The van der Waals surface area contributed by atoms with Gasteiger partial charge in [-0.3, -0.25) is 19.6 Å². The summed E-state index contributed by atoms with van der Waals surface area (Å²) in [5.74, 6) is -0.362. The van der Waals surface area contributed by atoms with Crippen LogP contribution in [-0.4, -0.2) is 50.1 Å².